The molecule has 2 aromatic rings. The summed E-state index contributed by atoms with van der Waals surface area (Å²) in [6.45, 7) is 7.30. The number of nitrogens with one attached hydrogen (secondary N) is 1. The molecule has 2 heterocycles. The van der Waals surface area contributed by atoms with Gasteiger partial charge in [0.05, 0.1) is 5.69 Å². The van der Waals surface area contributed by atoms with Crippen molar-refractivity contribution in [2.45, 2.75) is 39.5 Å². The van der Waals surface area contributed by atoms with E-state index in [0.717, 1.165) is 25.9 Å². The van der Waals surface area contributed by atoms with Crippen LogP contribution in [0.2, 0.25) is 0 Å². The van der Waals surface area contributed by atoms with Crippen LogP contribution in [0.15, 0.2) is 28.8 Å². The van der Waals surface area contributed by atoms with E-state index in [2.05, 4.69) is 10.5 Å². The van der Waals surface area contributed by atoms with E-state index in [1.807, 2.05) is 18.7 Å². The van der Waals surface area contributed by atoms with Crippen LogP contribution in [-0.4, -0.2) is 35.0 Å². The van der Waals surface area contributed by atoms with Gasteiger partial charge in [-0.15, -0.1) is 0 Å². The van der Waals surface area contributed by atoms with Crippen molar-refractivity contribution in [1.82, 2.24) is 10.1 Å². The van der Waals surface area contributed by atoms with Crippen LogP contribution in [0, 0.1) is 6.92 Å². The molecule has 0 radical (unpaired) electrons. The van der Waals surface area contributed by atoms with Crippen LogP contribution in [0.5, 0.6) is 0 Å². The molecular weight excluding hydrogens is 318 g/mol. The van der Waals surface area contributed by atoms with E-state index < -0.39 is 0 Å². The number of rotatable bonds is 4. The lowest BCUT2D eigenvalue weighted by atomic mass is 10.0. The van der Waals surface area contributed by atoms with Gasteiger partial charge in [-0.2, -0.15) is 0 Å². The molecular formula is C19H23N3O3. The van der Waals surface area contributed by atoms with Crippen molar-refractivity contribution in [1.29, 1.82) is 0 Å². The number of likely N-dealkylation sites (tertiary alicyclic amines) is 1. The Hall–Kier alpha value is -2.63. The Morgan fingerprint density at radius 3 is 2.40 bits per heavy atom. The number of carbonyl (C=O) groups is 2. The first kappa shape index (κ1) is 17.2. The second-order valence-corrected chi connectivity index (χ2v) is 6.69. The lowest BCUT2D eigenvalue weighted by molar-refractivity contribution is 0.0792. The summed E-state index contributed by atoms with van der Waals surface area (Å²) in [7, 11) is 0. The van der Waals surface area contributed by atoms with Gasteiger partial charge >= 0.3 is 0 Å². The molecule has 0 atom stereocenters. The van der Waals surface area contributed by atoms with Crippen LogP contribution >= 0.6 is 0 Å². The smallest absolute Gasteiger partial charge is 0.261 e. The molecule has 132 valence electrons. The van der Waals surface area contributed by atoms with Gasteiger partial charge in [0.1, 0.15) is 5.56 Å². The average Bonchev–Trinajstić information content (AvgIpc) is 3.24. The SMILES string of the molecule is Cc1noc(C(C)C)c1C(=O)Nc1ccc(C(=O)N2CCCC2)cc1. The fraction of sp³-hybridized carbons (Fsp3) is 0.421. The number of hydrogen-bond donors (Lipinski definition) is 1. The number of anilines is 1. The summed E-state index contributed by atoms with van der Waals surface area (Å²) in [6, 6.07) is 7.00. The summed E-state index contributed by atoms with van der Waals surface area (Å²) in [5.41, 5.74) is 2.33. The maximum Gasteiger partial charge on any atom is 0.261 e. The molecule has 0 spiro atoms. The van der Waals surface area contributed by atoms with Crippen molar-refractivity contribution in [2.24, 2.45) is 0 Å². The third-order valence-electron chi connectivity index (χ3n) is 4.42. The number of benzene rings is 1. The summed E-state index contributed by atoms with van der Waals surface area (Å²) in [5.74, 6) is 0.451. The van der Waals surface area contributed by atoms with Gasteiger partial charge in [-0.25, -0.2) is 0 Å². The number of aryl methyl sites for hydroxylation is 1. The molecule has 0 saturated carbocycles. The van der Waals surface area contributed by atoms with E-state index in [1.165, 1.54) is 0 Å². The summed E-state index contributed by atoms with van der Waals surface area (Å²) in [6.07, 6.45) is 2.13. The molecule has 2 amide bonds. The minimum absolute atomic E-state index is 0.0485. The molecule has 1 saturated heterocycles. The molecule has 3 rings (SSSR count). The van der Waals surface area contributed by atoms with Gasteiger partial charge in [0, 0.05) is 30.3 Å². The molecule has 0 aliphatic carbocycles. The van der Waals surface area contributed by atoms with Crippen molar-refractivity contribution in [3.05, 3.63) is 46.8 Å². The van der Waals surface area contributed by atoms with Gasteiger partial charge in [-0.1, -0.05) is 19.0 Å². The largest absolute Gasteiger partial charge is 0.360 e. The Morgan fingerprint density at radius 1 is 1.16 bits per heavy atom. The first-order chi connectivity index (χ1) is 12.0. The normalized spacial score (nSPS) is 14.2. The first-order valence-electron chi connectivity index (χ1n) is 8.64. The Bertz CT molecular complexity index is 772. The number of hydrogen-bond acceptors (Lipinski definition) is 4. The maximum atomic E-state index is 12.6. The molecule has 6 nitrogen and oxygen atoms in total. The number of nitrogens with zero attached hydrogens (tertiary/aromatic N) is 2. The van der Waals surface area contributed by atoms with Gasteiger partial charge < -0.3 is 14.7 Å². The Balaban J connectivity index is 1.72. The van der Waals surface area contributed by atoms with E-state index in [0.29, 0.717) is 28.3 Å². The molecule has 25 heavy (non-hydrogen) atoms. The van der Waals surface area contributed by atoms with E-state index in [9.17, 15) is 9.59 Å². The monoisotopic (exact) mass is 341 g/mol. The quantitative estimate of drug-likeness (QED) is 0.922. The van der Waals surface area contributed by atoms with Crippen LogP contribution in [0.25, 0.3) is 0 Å². The van der Waals surface area contributed by atoms with E-state index >= 15 is 0 Å². The predicted octanol–water partition coefficient (Wildman–Crippen LogP) is 3.59. The molecule has 6 heteroatoms. The van der Waals surface area contributed by atoms with Gasteiger partial charge in [0.25, 0.3) is 11.8 Å². The fourth-order valence-electron chi connectivity index (χ4n) is 3.05. The minimum atomic E-state index is -0.249. The Kier molecular flexibility index (Phi) is 4.88. The van der Waals surface area contributed by atoms with Crippen molar-refractivity contribution in [3.63, 3.8) is 0 Å². The third kappa shape index (κ3) is 3.57. The fourth-order valence-corrected chi connectivity index (χ4v) is 3.05. The van der Waals surface area contributed by atoms with Gasteiger partial charge in [-0.3, -0.25) is 9.59 Å². The molecule has 1 aliphatic heterocycles. The maximum absolute atomic E-state index is 12.6. The highest BCUT2D eigenvalue weighted by Gasteiger charge is 2.23. The summed E-state index contributed by atoms with van der Waals surface area (Å²) < 4.78 is 5.26. The van der Waals surface area contributed by atoms with E-state index in [4.69, 9.17) is 4.52 Å². The van der Waals surface area contributed by atoms with Crippen LogP contribution in [-0.2, 0) is 0 Å². The first-order valence-corrected chi connectivity index (χ1v) is 8.64. The van der Waals surface area contributed by atoms with Crippen LogP contribution in [0.3, 0.4) is 0 Å². The number of carbonyl (C=O) groups excluding carboxylic acids is 2. The molecule has 1 aromatic carbocycles. The second kappa shape index (κ2) is 7.09. The molecule has 1 N–H and O–H groups in total. The summed E-state index contributed by atoms with van der Waals surface area (Å²) >= 11 is 0. The molecule has 1 fully saturated rings. The zero-order valence-electron chi connectivity index (χ0n) is 14.8. The highest BCUT2D eigenvalue weighted by Crippen LogP contribution is 2.23. The van der Waals surface area contributed by atoms with Crippen molar-refractivity contribution < 1.29 is 14.1 Å². The number of amides is 2. The van der Waals surface area contributed by atoms with Crippen molar-refractivity contribution in [2.75, 3.05) is 18.4 Å². The van der Waals surface area contributed by atoms with Gasteiger partial charge in [-0.05, 0) is 44.0 Å². The highest BCUT2D eigenvalue weighted by molar-refractivity contribution is 6.06. The molecule has 1 aromatic heterocycles. The van der Waals surface area contributed by atoms with Crippen molar-refractivity contribution in [3.8, 4) is 0 Å². The average molecular weight is 341 g/mol. The topological polar surface area (TPSA) is 75.4 Å². The van der Waals surface area contributed by atoms with Gasteiger partial charge in [0.2, 0.25) is 0 Å². The van der Waals surface area contributed by atoms with Crippen LogP contribution in [0.4, 0.5) is 5.69 Å². The zero-order chi connectivity index (χ0) is 18.0. The lowest BCUT2D eigenvalue weighted by Gasteiger charge is -2.15. The van der Waals surface area contributed by atoms with Gasteiger partial charge in [0.15, 0.2) is 5.76 Å². The molecule has 0 unspecified atom stereocenters. The Labute approximate surface area is 147 Å². The summed E-state index contributed by atoms with van der Waals surface area (Å²) in [5, 5.41) is 6.75. The standard InChI is InChI=1S/C19H23N3O3/c1-12(2)17-16(13(3)21-25-17)18(23)20-15-8-6-14(7-9-15)19(24)22-10-4-5-11-22/h6-9,12H,4-5,10-11H2,1-3H3,(H,20,23). The highest BCUT2D eigenvalue weighted by atomic mass is 16.5. The molecule has 0 bridgehead atoms. The second-order valence-electron chi connectivity index (χ2n) is 6.69. The lowest BCUT2D eigenvalue weighted by Crippen LogP contribution is -2.27. The predicted molar refractivity (Wildman–Crippen MR) is 94.9 cm³/mol. The summed E-state index contributed by atoms with van der Waals surface area (Å²) in [4.78, 5) is 26.8. The van der Waals surface area contributed by atoms with Crippen molar-refractivity contribution >= 4 is 17.5 Å². The van der Waals surface area contributed by atoms with Crippen LogP contribution in [0.1, 0.15) is 64.8 Å². The third-order valence-corrected chi connectivity index (χ3v) is 4.42. The minimum Gasteiger partial charge on any atom is -0.360 e. The van der Waals surface area contributed by atoms with E-state index in [-0.39, 0.29) is 17.7 Å². The van der Waals surface area contributed by atoms with Crippen LogP contribution < -0.4 is 5.32 Å². The zero-order valence-corrected chi connectivity index (χ0v) is 14.8. The number of aromatic nitrogens is 1. The molecule has 1 aliphatic rings. The van der Waals surface area contributed by atoms with E-state index in [1.54, 1.807) is 31.2 Å². The Morgan fingerprint density at radius 2 is 1.80 bits per heavy atom.